The molecule has 2 aromatic carbocycles. The molecule has 0 fully saturated rings. The zero-order chi connectivity index (χ0) is 35.7. The summed E-state index contributed by atoms with van der Waals surface area (Å²) in [5, 5.41) is 15.2. The molecule has 13 nitrogen and oxygen atoms in total. The van der Waals surface area contributed by atoms with E-state index >= 15 is 0 Å². The fourth-order valence-corrected chi connectivity index (χ4v) is 5.01. The van der Waals surface area contributed by atoms with Crippen molar-refractivity contribution >= 4 is 30.0 Å². The molecule has 0 saturated carbocycles. The summed E-state index contributed by atoms with van der Waals surface area (Å²) in [5.41, 5.74) is 1.78. The molecule has 0 spiro atoms. The number of amides is 4. The summed E-state index contributed by atoms with van der Waals surface area (Å²) in [6.45, 7) is 10.7. The molecule has 0 aliphatic carbocycles. The van der Waals surface area contributed by atoms with Gasteiger partial charge in [0, 0.05) is 57.1 Å². The van der Waals surface area contributed by atoms with E-state index in [4.69, 9.17) is 18.9 Å². The van der Waals surface area contributed by atoms with Crippen LogP contribution in [0.5, 0.6) is 0 Å². The van der Waals surface area contributed by atoms with Crippen LogP contribution in [0.3, 0.4) is 0 Å². The number of carbonyl (C=O) groups excluding carboxylic acids is 3. The highest BCUT2D eigenvalue weighted by molar-refractivity contribution is 5.99. The smallest absolute Gasteiger partial charge is 0.407 e. The number of benzene rings is 2. The number of nitrogens with zero attached hydrogens (tertiary/aromatic N) is 2. The highest BCUT2D eigenvalue weighted by Crippen LogP contribution is 2.23. The Morgan fingerprint density at radius 2 is 1.54 bits per heavy atom. The summed E-state index contributed by atoms with van der Waals surface area (Å²) in [5.74, 6) is -0.928. The van der Waals surface area contributed by atoms with Crippen LogP contribution >= 0.6 is 0 Å². The van der Waals surface area contributed by atoms with Crippen LogP contribution in [0.25, 0.3) is 0 Å². The third-order valence-electron chi connectivity index (χ3n) is 7.32. The highest BCUT2D eigenvalue weighted by Gasteiger charge is 2.34. The number of nitrogens with one attached hydrogen (secondary N) is 2. The predicted molar refractivity (Wildman–Crippen MR) is 182 cm³/mol. The van der Waals surface area contributed by atoms with Gasteiger partial charge in [0.1, 0.15) is 6.04 Å². The number of rotatable bonds is 21. The maximum absolute atomic E-state index is 14.1. The molecule has 48 heavy (non-hydrogen) atoms. The van der Waals surface area contributed by atoms with Gasteiger partial charge in [-0.05, 0) is 49.9 Å². The van der Waals surface area contributed by atoms with Gasteiger partial charge in [0.2, 0.25) is 12.3 Å². The minimum Gasteiger partial charge on any atom is -0.465 e. The van der Waals surface area contributed by atoms with Crippen LogP contribution < -0.4 is 10.6 Å². The van der Waals surface area contributed by atoms with Crippen LogP contribution in [-0.2, 0) is 41.5 Å². The molecule has 0 aliphatic heterocycles. The molecule has 1 unspecified atom stereocenters. The van der Waals surface area contributed by atoms with Gasteiger partial charge in [0.05, 0.1) is 26.4 Å². The minimum atomic E-state index is -1.03. The van der Waals surface area contributed by atoms with Gasteiger partial charge in [-0.2, -0.15) is 0 Å². The second-order valence-electron chi connectivity index (χ2n) is 12.6. The first-order chi connectivity index (χ1) is 22.8. The summed E-state index contributed by atoms with van der Waals surface area (Å²) in [6, 6.07) is 13.5. The molecule has 0 bridgehead atoms. The van der Waals surface area contributed by atoms with Gasteiger partial charge >= 0.3 is 6.09 Å². The first-order valence-electron chi connectivity index (χ1n) is 16.0. The van der Waals surface area contributed by atoms with Gasteiger partial charge in [-0.25, -0.2) is 4.79 Å². The van der Waals surface area contributed by atoms with E-state index in [1.54, 1.807) is 18.2 Å². The maximum Gasteiger partial charge on any atom is 0.407 e. The largest absolute Gasteiger partial charge is 0.465 e. The van der Waals surface area contributed by atoms with Gasteiger partial charge in [0.15, 0.2) is 6.29 Å². The van der Waals surface area contributed by atoms with E-state index in [9.17, 15) is 24.3 Å². The van der Waals surface area contributed by atoms with Crippen LogP contribution in [0, 0.1) is 5.92 Å². The first kappa shape index (κ1) is 40.1. The fraction of sp³-hybridized carbons (Fsp3) is 0.543. The lowest BCUT2D eigenvalue weighted by Crippen LogP contribution is -2.56. The van der Waals surface area contributed by atoms with Gasteiger partial charge in [-0.1, -0.05) is 50.2 Å². The van der Waals surface area contributed by atoms with Crippen molar-refractivity contribution in [3.8, 4) is 0 Å². The van der Waals surface area contributed by atoms with E-state index in [1.165, 1.54) is 24.0 Å². The maximum atomic E-state index is 14.1. The van der Waals surface area contributed by atoms with Crippen molar-refractivity contribution < 1.29 is 43.2 Å². The number of hydrogen-bond donors (Lipinski definition) is 3. The molecule has 0 aliphatic rings. The van der Waals surface area contributed by atoms with Gasteiger partial charge in [-0.15, -0.1) is 0 Å². The van der Waals surface area contributed by atoms with Crippen LogP contribution in [0.15, 0.2) is 48.5 Å². The Labute approximate surface area is 283 Å². The molecule has 266 valence electrons. The third kappa shape index (κ3) is 13.6. The van der Waals surface area contributed by atoms with Gasteiger partial charge in [-0.3, -0.25) is 14.4 Å². The summed E-state index contributed by atoms with van der Waals surface area (Å²) in [7, 11) is 3.03. The molecule has 13 heteroatoms. The number of ether oxygens (including phenoxy) is 4. The Hall–Kier alpha value is -4.04. The fourth-order valence-electron chi connectivity index (χ4n) is 5.01. The van der Waals surface area contributed by atoms with Gasteiger partial charge in [0.25, 0.3) is 5.91 Å². The van der Waals surface area contributed by atoms with Crippen LogP contribution in [0.2, 0.25) is 0 Å². The van der Waals surface area contributed by atoms with Crippen molar-refractivity contribution in [1.29, 1.82) is 0 Å². The minimum absolute atomic E-state index is 0.108. The molecule has 1 atom stereocenters. The summed E-state index contributed by atoms with van der Waals surface area (Å²) >= 11 is 0. The number of methoxy groups -OCH3 is 2. The SMILES string of the molecule is COC(Cc1ccc(C(=O)N(CCOCCOCCN(Cc2ccccc2)C(=O)O)C(C(=O)NC(C)(C)C)C(C)C)cc1NC=O)OC. The number of anilines is 1. The van der Waals surface area contributed by atoms with Crippen LogP contribution in [-0.4, -0.2) is 111 Å². The monoisotopic (exact) mass is 672 g/mol. The summed E-state index contributed by atoms with van der Waals surface area (Å²) in [6.07, 6.45) is -0.711. The van der Waals surface area contributed by atoms with E-state index in [0.29, 0.717) is 24.1 Å². The molecule has 4 amide bonds. The second-order valence-corrected chi connectivity index (χ2v) is 12.6. The van der Waals surface area contributed by atoms with Crippen molar-refractivity contribution in [3.63, 3.8) is 0 Å². The molecule has 0 heterocycles. The van der Waals surface area contributed by atoms with Crippen molar-refractivity contribution in [3.05, 3.63) is 65.2 Å². The predicted octanol–water partition coefficient (Wildman–Crippen LogP) is 4.01. The normalized spacial score (nSPS) is 12.1. The molecular weight excluding hydrogens is 620 g/mol. The van der Waals surface area contributed by atoms with E-state index in [0.717, 1.165) is 5.56 Å². The molecule has 0 saturated heterocycles. The standard InChI is InChI=1S/C35H52N4O9/c1-25(2)31(32(41)37-35(3,4)5)39(33(42)28-14-13-27(22-30(45-6)46-7)29(21-28)36-24-40)16-18-48-20-19-47-17-15-38(34(43)44)23-26-11-9-8-10-12-26/h8-14,21,24-25,30-31H,15-20,22-23H2,1-7H3,(H,36,40)(H,37,41)(H,43,44). The molecule has 3 N–H and O–H groups in total. The summed E-state index contributed by atoms with van der Waals surface area (Å²) in [4.78, 5) is 53.4. The Bertz CT molecular complexity index is 1300. The van der Waals surface area contributed by atoms with E-state index < -0.39 is 29.9 Å². The third-order valence-corrected chi connectivity index (χ3v) is 7.32. The highest BCUT2D eigenvalue weighted by atomic mass is 16.7. The Morgan fingerprint density at radius 1 is 0.917 bits per heavy atom. The quantitative estimate of drug-likeness (QED) is 0.101. The topological polar surface area (TPSA) is 156 Å². The average Bonchev–Trinajstić information content (AvgIpc) is 3.03. The average molecular weight is 673 g/mol. The van der Waals surface area contributed by atoms with E-state index in [1.807, 2.05) is 65.0 Å². The summed E-state index contributed by atoms with van der Waals surface area (Å²) < 4.78 is 22.0. The van der Waals surface area contributed by atoms with E-state index in [2.05, 4.69) is 10.6 Å². The van der Waals surface area contributed by atoms with Crippen molar-refractivity contribution in [2.24, 2.45) is 5.92 Å². The molecule has 0 radical (unpaired) electrons. The van der Waals surface area contributed by atoms with Crippen molar-refractivity contribution in [1.82, 2.24) is 15.1 Å². The number of carbonyl (C=O) groups is 4. The number of carboxylic acid groups (broad SMARTS) is 1. The number of hydrogen-bond acceptors (Lipinski definition) is 8. The van der Waals surface area contributed by atoms with Gasteiger partial charge < -0.3 is 44.5 Å². The Balaban J connectivity index is 2.11. The van der Waals surface area contributed by atoms with Crippen LogP contribution in [0.4, 0.5) is 10.5 Å². The van der Waals surface area contributed by atoms with Crippen molar-refractivity contribution in [2.75, 3.05) is 59.1 Å². The molecule has 2 rings (SSSR count). The Morgan fingerprint density at radius 3 is 2.08 bits per heavy atom. The molecule has 2 aromatic rings. The van der Waals surface area contributed by atoms with Crippen LogP contribution in [0.1, 0.15) is 56.1 Å². The van der Waals surface area contributed by atoms with Crippen molar-refractivity contribution in [2.45, 2.75) is 65.5 Å². The molecular formula is C35H52N4O9. The zero-order valence-electron chi connectivity index (χ0n) is 29.2. The zero-order valence-corrected chi connectivity index (χ0v) is 29.2. The first-order valence-corrected chi connectivity index (χ1v) is 16.0. The lowest BCUT2D eigenvalue weighted by Gasteiger charge is -2.35. The lowest BCUT2D eigenvalue weighted by molar-refractivity contribution is -0.128. The lowest BCUT2D eigenvalue weighted by atomic mass is 9.97. The Kier molecular flexibility index (Phi) is 17.0. The molecule has 0 aromatic heterocycles. The van der Waals surface area contributed by atoms with E-state index in [-0.39, 0.29) is 63.5 Å². The second kappa shape index (κ2) is 20.4.